The van der Waals surface area contributed by atoms with Gasteiger partial charge >= 0.3 is 0 Å². The standard InChI is InChI=1S/C26H43FO5/c1-17(32-13-12-24(2,3)30)20-9-10-21-19(6-5-11-25(20,21)4)8-7-18-14-22(28)26(31,16-27)23(29)15-18/h7-8,17,20-23,28-31H,5-6,9-16H2,1-4H3/t17-,20?,21?,22-,23-,25?,26?/m1/s1. The summed E-state index contributed by atoms with van der Waals surface area (Å²) in [6, 6.07) is 0. The predicted molar refractivity (Wildman–Crippen MR) is 123 cm³/mol. The quantitative estimate of drug-likeness (QED) is 0.469. The number of fused-ring (bicyclic) bond motifs is 1. The zero-order chi connectivity index (χ0) is 23.7. The van der Waals surface area contributed by atoms with E-state index in [4.69, 9.17) is 4.74 Å². The monoisotopic (exact) mass is 454 g/mol. The molecule has 5 nitrogen and oxygen atoms in total. The van der Waals surface area contributed by atoms with Crippen LogP contribution in [-0.4, -0.2) is 63.2 Å². The second-order valence-electron chi connectivity index (χ2n) is 11.4. The van der Waals surface area contributed by atoms with Gasteiger partial charge in [0.1, 0.15) is 12.3 Å². The lowest BCUT2D eigenvalue weighted by Gasteiger charge is -2.44. The van der Waals surface area contributed by atoms with E-state index in [1.807, 2.05) is 19.9 Å². The van der Waals surface area contributed by atoms with E-state index in [0.717, 1.165) is 31.3 Å². The molecule has 0 saturated heterocycles. The third-order valence-electron chi connectivity index (χ3n) is 8.51. The summed E-state index contributed by atoms with van der Waals surface area (Å²) in [6.45, 7) is 7.58. The lowest BCUT2D eigenvalue weighted by atomic mass is 9.62. The highest BCUT2D eigenvalue weighted by Crippen LogP contribution is 2.58. The van der Waals surface area contributed by atoms with Crippen molar-refractivity contribution >= 4 is 0 Å². The van der Waals surface area contributed by atoms with Gasteiger partial charge in [-0.15, -0.1) is 0 Å². The van der Waals surface area contributed by atoms with E-state index < -0.39 is 30.1 Å². The molecule has 3 fully saturated rings. The number of halogens is 1. The number of alkyl halides is 1. The molecule has 4 N–H and O–H groups in total. The molecule has 3 aliphatic carbocycles. The first kappa shape index (κ1) is 25.8. The number of ether oxygens (including phenoxy) is 1. The number of hydrogen-bond acceptors (Lipinski definition) is 5. The van der Waals surface area contributed by atoms with Crippen molar-refractivity contribution in [2.24, 2.45) is 17.3 Å². The Morgan fingerprint density at radius 3 is 2.44 bits per heavy atom. The van der Waals surface area contributed by atoms with Crippen molar-refractivity contribution in [2.45, 2.75) is 109 Å². The van der Waals surface area contributed by atoms with Crippen LogP contribution >= 0.6 is 0 Å². The molecule has 0 bridgehead atoms. The number of aliphatic hydroxyl groups excluding tert-OH is 2. The predicted octanol–water partition coefficient (Wildman–Crippen LogP) is 3.84. The van der Waals surface area contributed by atoms with Crippen LogP contribution in [0.4, 0.5) is 4.39 Å². The van der Waals surface area contributed by atoms with E-state index in [-0.39, 0.29) is 24.4 Å². The van der Waals surface area contributed by atoms with Crippen LogP contribution in [0.5, 0.6) is 0 Å². The average Bonchev–Trinajstić information content (AvgIpc) is 3.06. The summed E-state index contributed by atoms with van der Waals surface area (Å²) in [6.07, 6.45) is 8.26. The van der Waals surface area contributed by atoms with Gasteiger partial charge in [0.2, 0.25) is 0 Å². The Morgan fingerprint density at radius 1 is 1.19 bits per heavy atom. The molecule has 6 atom stereocenters. The minimum atomic E-state index is -2.06. The van der Waals surface area contributed by atoms with E-state index in [0.29, 0.717) is 24.9 Å². The number of allylic oxidation sites excluding steroid dienone is 3. The Balaban J connectivity index is 1.68. The smallest absolute Gasteiger partial charge is 0.145 e. The first-order valence-electron chi connectivity index (χ1n) is 12.3. The van der Waals surface area contributed by atoms with E-state index in [1.165, 1.54) is 12.0 Å². The van der Waals surface area contributed by atoms with Crippen molar-refractivity contribution in [3.63, 3.8) is 0 Å². The maximum absolute atomic E-state index is 13.2. The first-order chi connectivity index (χ1) is 14.9. The molecule has 3 unspecified atom stereocenters. The second-order valence-corrected chi connectivity index (χ2v) is 11.4. The molecule has 0 aromatic heterocycles. The van der Waals surface area contributed by atoms with Crippen molar-refractivity contribution in [2.75, 3.05) is 13.3 Å². The third-order valence-corrected chi connectivity index (χ3v) is 8.51. The Kier molecular flexibility index (Phi) is 7.93. The topological polar surface area (TPSA) is 90.2 Å². The van der Waals surface area contributed by atoms with Gasteiger partial charge in [-0.25, -0.2) is 4.39 Å². The van der Waals surface area contributed by atoms with Crippen LogP contribution in [0.3, 0.4) is 0 Å². The molecule has 0 spiro atoms. The van der Waals surface area contributed by atoms with Gasteiger partial charge < -0.3 is 25.2 Å². The summed E-state index contributed by atoms with van der Waals surface area (Å²) in [5, 5.41) is 40.5. The Morgan fingerprint density at radius 2 is 1.84 bits per heavy atom. The van der Waals surface area contributed by atoms with Crippen LogP contribution in [0, 0.1) is 17.3 Å². The molecule has 0 heterocycles. The first-order valence-corrected chi connectivity index (χ1v) is 12.3. The van der Waals surface area contributed by atoms with Crippen LogP contribution in [0.1, 0.15) is 79.1 Å². The zero-order valence-corrected chi connectivity index (χ0v) is 20.2. The van der Waals surface area contributed by atoms with E-state index in [2.05, 4.69) is 19.9 Å². The average molecular weight is 455 g/mol. The van der Waals surface area contributed by atoms with Crippen LogP contribution in [0.25, 0.3) is 0 Å². The van der Waals surface area contributed by atoms with Crippen molar-refractivity contribution in [1.29, 1.82) is 0 Å². The molecule has 32 heavy (non-hydrogen) atoms. The normalized spacial score (nSPS) is 40.4. The van der Waals surface area contributed by atoms with Gasteiger partial charge in [-0.1, -0.05) is 30.2 Å². The molecule has 184 valence electrons. The lowest BCUT2D eigenvalue weighted by molar-refractivity contribution is -0.165. The summed E-state index contributed by atoms with van der Waals surface area (Å²) in [5.41, 5.74) is -0.338. The minimum Gasteiger partial charge on any atom is -0.390 e. The van der Waals surface area contributed by atoms with Gasteiger partial charge in [-0.2, -0.15) is 0 Å². The summed E-state index contributed by atoms with van der Waals surface area (Å²) in [5.74, 6) is 0.961. The largest absolute Gasteiger partial charge is 0.390 e. The van der Waals surface area contributed by atoms with Crippen molar-refractivity contribution in [1.82, 2.24) is 0 Å². The molecule has 0 amide bonds. The summed E-state index contributed by atoms with van der Waals surface area (Å²) >= 11 is 0. The molecular formula is C26H43FO5. The highest BCUT2D eigenvalue weighted by atomic mass is 19.1. The van der Waals surface area contributed by atoms with Crippen molar-refractivity contribution in [3.05, 3.63) is 23.3 Å². The van der Waals surface area contributed by atoms with Crippen LogP contribution in [0.15, 0.2) is 23.3 Å². The number of hydrogen-bond donors (Lipinski definition) is 4. The maximum Gasteiger partial charge on any atom is 0.145 e. The minimum absolute atomic E-state index is 0.145. The van der Waals surface area contributed by atoms with E-state index in [1.54, 1.807) is 0 Å². The fourth-order valence-electron chi connectivity index (χ4n) is 6.36. The molecular weight excluding hydrogens is 411 g/mol. The van der Waals surface area contributed by atoms with Crippen LogP contribution in [-0.2, 0) is 4.74 Å². The van der Waals surface area contributed by atoms with Crippen molar-refractivity contribution < 1.29 is 29.6 Å². The molecule has 3 aliphatic rings. The fourth-order valence-corrected chi connectivity index (χ4v) is 6.36. The van der Waals surface area contributed by atoms with E-state index in [9.17, 15) is 24.8 Å². The molecule has 0 aromatic carbocycles. The van der Waals surface area contributed by atoms with Gasteiger partial charge in [0, 0.05) is 6.61 Å². The third kappa shape index (κ3) is 5.30. The van der Waals surface area contributed by atoms with Gasteiger partial charge in [-0.05, 0) is 89.4 Å². The molecule has 3 rings (SSSR count). The maximum atomic E-state index is 13.2. The number of aliphatic hydroxyl groups is 4. The van der Waals surface area contributed by atoms with Gasteiger partial charge in [0.05, 0.1) is 23.9 Å². The molecule has 0 aliphatic heterocycles. The van der Waals surface area contributed by atoms with Crippen LogP contribution in [0.2, 0.25) is 0 Å². The summed E-state index contributed by atoms with van der Waals surface area (Å²) in [7, 11) is 0. The van der Waals surface area contributed by atoms with Crippen molar-refractivity contribution in [3.8, 4) is 0 Å². The molecule has 0 radical (unpaired) electrons. The highest BCUT2D eigenvalue weighted by molar-refractivity contribution is 5.27. The summed E-state index contributed by atoms with van der Waals surface area (Å²) in [4.78, 5) is 0. The lowest BCUT2D eigenvalue weighted by Crippen LogP contribution is -2.57. The Labute approximate surface area is 192 Å². The van der Waals surface area contributed by atoms with Gasteiger partial charge in [0.25, 0.3) is 0 Å². The fraction of sp³-hybridized carbons (Fsp3) is 0.846. The summed E-state index contributed by atoms with van der Waals surface area (Å²) < 4.78 is 19.3. The van der Waals surface area contributed by atoms with E-state index >= 15 is 0 Å². The van der Waals surface area contributed by atoms with Crippen LogP contribution < -0.4 is 0 Å². The van der Waals surface area contributed by atoms with Gasteiger partial charge in [0.15, 0.2) is 0 Å². The Bertz CT molecular complexity index is 697. The second kappa shape index (κ2) is 9.83. The molecule has 6 heteroatoms. The Hall–Kier alpha value is -0.790. The molecule has 0 aromatic rings. The number of rotatable bonds is 7. The zero-order valence-electron chi connectivity index (χ0n) is 20.2. The highest BCUT2D eigenvalue weighted by Gasteiger charge is 2.51. The molecule has 3 saturated carbocycles. The SMILES string of the molecule is C[C@@H](OCCC(C)(C)O)C1CCC2C(=CC=C3C[C@@H](O)C(O)(CF)[C@H](O)C3)CCCC21C. The van der Waals surface area contributed by atoms with Gasteiger partial charge in [-0.3, -0.25) is 0 Å².